The Morgan fingerprint density at radius 3 is 2.72 bits per heavy atom. The van der Waals surface area contributed by atoms with Gasteiger partial charge >= 0.3 is 0 Å². The molecule has 1 aromatic carbocycles. The topological polar surface area (TPSA) is 128 Å². The van der Waals surface area contributed by atoms with Crippen molar-refractivity contribution in [1.82, 2.24) is 35.1 Å². The predicted octanol–water partition coefficient (Wildman–Crippen LogP) is 4.77. The van der Waals surface area contributed by atoms with Crippen molar-refractivity contribution in [3.63, 3.8) is 0 Å². The number of rotatable bonds is 6. The molecule has 176 valence electrons. The summed E-state index contributed by atoms with van der Waals surface area (Å²) < 4.78 is 0. The van der Waals surface area contributed by atoms with Gasteiger partial charge in [0, 0.05) is 52.8 Å². The molecule has 4 N–H and O–H groups in total. The van der Waals surface area contributed by atoms with Gasteiger partial charge in [0.1, 0.15) is 11.9 Å². The van der Waals surface area contributed by atoms with E-state index in [4.69, 9.17) is 4.98 Å². The van der Waals surface area contributed by atoms with Crippen LogP contribution in [0.3, 0.4) is 0 Å². The molecule has 0 amide bonds. The monoisotopic (exact) mass is 474 g/mol. The number of H-pyrrole nitrogens is 2. The largest absolute Gasteiger partial charge is 0.374 e. The van der Waals surface area contributed by atoms with Crippen molar-refractivity contribution in [2.45, 2.75) is 19.1 Å². The van der Waals surface area contributed by atoms with E-state index in [9.17, 15) is 5.11 Å². The number of aromatic amines is 2. The summed E-state index contributed by atoms with van der Waals surface area (Å²) in [5.41, 5.74) is 7.79. The van der Waals surface area contributed by atoms with Gasteiger partial charge in [-0.3, -0.25) is 15.1 Å². The number of fused-ring (bicyclic) bond motifs is 2. The Labute approximate surface area is 205 Å². The molecule has 0 bridgehead atoms. The molecule has 1 atom stereocenters. The average Bonchev–Trinajstić information content (AvgIpc) is 3.55. The van der Waals surface area contributed by atoms with Crippen molar-refractivity contribution < 1.29 is 5.11 Å². The van der Waals surface area contributed by atoms with Gasteiger partial charge in [0.2, 0.25) is 0 Å². The lowest BCUT2D eigenvalue weighted by Gasteiger charge is -2.13. The molecule has 1 aliphatic rings. The molecule has 5 aromatic heterocycles. The highest BCUT2D eigenvalue weighted by molar-refractivity contribution is 5.97. The van der Waals surface area contributed by atoms with Crippen LogP contribution < -0.4 is 5.32 Å². The first-order valence-corrected chi connectivity index (χ1v) is 11.9. The number of imidazole rings is 1. The number of benzene rings is 1. The molecule has 9 heteroatoms. The second-order valence-corrected chi connectivity index (χ2v) is 9.11. The summed E-state index contributed by atoms with van der Waals surface area (Å²) in [6.45, 7) is 0. The molecule has 0 spiro atoms. The number of pyridine rings is 3. The van der Waals surface area contributed by atoms with Crippen LogP contribution in [0.1, 0.15) is 12.8 Å². The van der Waals surface area contributed by atoms with Crippen molar-refractivity contribution in [3.05, 3.63) is 73.4 Å². The van der Waals surface area contributed by atoms with Gasteiger partial charge in [-0.1, -0.05) is 12.1 Å². The maximum absolute atomic E-state index is 10.3. The van der Waals surface area contributed by atoms with Gasteiger partial charge in [0.05, 0.1) is 22.9 Å². The second-order valence-electron chi connectivity index (χ2n) is 9.11. The van der Waals surface area contributed by atoms with E-state index in [1.165, 1.54) is 0 Å². The second kappa shape index (κ2) is 8.24. The fourth-order valence-electron chi connectivity index (χ4n) is 4.54. The molecule has 0 aliphatic heterocycles. The summed E-state index contributed by atoms with van der Waals surface area (Å²) in [4.78, 5) is 21.3. The molecule has 5 heterocycles. The molecular formula is C27H22N8O. The lowest BCUT2D eigenvalue weighted by Crippen LogP contribution is -2.20. The van der Waals surface area contributed by atoms with Gasteiger partial charge in [-0.2, -0.15) is 5.10 Å². The summed E-state index contributed by atoms with van der Waals surface area (Å²) in [6.07, 6.45) is 10.5. The molecule has 6 aromatic rings. The smallest absolute Gasteiger partial charge is 0.178 e. The molecule has 1 unspecified atom stereocenters. The van der Waals surface area contributed by atoms with Crippen molar-refractivity contribution in [3.8, 4) is 33.8 Å². The number of hydrogen-bond acceptors (Lipinski definition) is 7. The SMILES string of the molecule is OC(Nc1cncc(-c2ccc3[nH]nc(-c4nc5nccc(-c6cccnc6)c5[nH]4)c3c2)c1)C1CC1. The fraction of sp³-hybridized carbons (Fsp3) is 0.148. The molecule has 36 heavy (non-hydrogen) atoms. The number of nitrogens with zero attached hydrogens (tertiary/aromatic N) is 5. The average molecular weight is 475 g/mol. The minimum atomic E-state index is -0.539. The van der Waals surface area contributed by atoms with Crippen molar-refractivity contribution in [2.75, 3.05) is 5.32 Å². The fourth-order valence-corrected chi connectivity index (χ4v) is 4.54. The molecule has 0 radical (unpaired) electrons. The third kappa shape index (κ3) is 3.66. The van der Waals surface area contributed by atoms with E-state index in [-0.39, 0.29) is 0 Å². The van der Waals surface area contributed by atoms with E-state index in [0.29, 0.717) is 23.1 Å². The lowest BCUT2D eigenvalue weighted by molar-refractivity contribution is 0.180. The van der Waals surface area contributed by atoms with Crippen molar-refractivity contribution >= 4 is 27.8 Å². The first-order valence-electron chi connectivity index (χ1n) is 11.9. The highest BCUT2D eigenvalue weighted by atomic mass is 16.3. The van der Waals surface area contributed by atoms with Crippen molar-refractivity contribution in [2.24, 2.45) is 5.92 Å². The first-order chi connectivity index (χ1) is 17.7. The quantitative estimate of drug-likeness (QED) is 0.256. The van der Waals surface area contributed by atoms with Crippen molar-refractivity contribution in [1.29, 1.82) is 0 Å². The van der Waals surface area contributed by atoms with Gasteiger partial charge < -0.3 is 15.4 Å². The molecule has 1 saturated carbocycles. The lowest BCUT2D eigenvalue weighted by atomic mass is 10.0. The maximum Gasteiger partial charge on any atom is 0.178 e. The van der Waals surface area contributed by atoms with Gasteiger partial charge in [-0.25, -0.2) is 9.97 Å². The van der Waals surface area contributed by atoms with Crippen LogP contribution in [0, 0.1) is 5.92 Å². The Morgan fingerprint density at radius 2 is 1.86 bits per heavy atom. The van der Waals surface area contributed by atoms with Gasteiger partial charge in [-0.05, 0) is 48.7 Å². The highest BCUT2D eigenvalue weighted by Gasteiger charge is 2.29. The standard InChI is InChI=1S/C27H22N8O/c36-27(15-3-4-15)31-19-10-18(13-29-14-19)16-5-6-22-21(11-16)24(35-34-22)26-32-23-20(7-9-30-25(23)33-26)17-2-1-8-28-12-17/h1-2,5-15,27,31,36H,3-4H2,(H,34,35)(H,30,32,33). The number of aliphatic hydroxyl groups excluding tert-OH is 1. The zero-order valence-electron chi connectivity index (χ0n) is 19.2. The molecule has 0 saturated heterocycles. The van der Waals surface area contributed by atoms with E-state index in [1.54, 1.807) is 18.6 Å². The van der Waals surface area contributed by atoms with Crippen LogP contribution in [0.4, 0.5) is 5.69 Å². The van der Waals surface area contributed by atoms with Crippen LogP contribution >= 0.6 is 0 Å². The minimum absolute atomic E-state index is 0.329. The van der Waals surface area contributed by atoms with Crippen LogP contribution in [0.5, 0.6) is 0 Å². The minimum Gasteiger partial charge on any atom is -0.374 e. The van der Waals surface area contributed by atoms with E-state index in [2.05, 4.69) is 41.5 Å². The van der Waals surface area contributed by atoms with E-state index in [1.807, 2.05) is 48.8 Å². The summed E-state index contributed by atoms with van der Waals surface area (Å²) >= 11 is 0. The highest BCUT2D eigenvalue weighted by Crippen LogP contribution is 2.35. The molecule has 9 nitrogen and oxygen atoms in total. The third-order valence-electron chi connectivity index (χ3n) is 6.61. The predicted molar refractivity (Wildman–Crippen MR) is 138 cm³/mol. The third-order valence-corrected chi connectivity index (χ3v) is 6.61. The molecule has 1 fully saturated rings. The summed E-state index contributed by atoms with van der Waals surface area (Å²) in [5, 5.41) is 22.0. The zero-order valence-corrected chi connectivity index (χ0v) is 19.2. The number of aromatic nitrogens is 7. The number of hydrogen-bond donors (Lipinski definition) is 4. The Kier molecular flexibility index (Phi) is 4.74. The Bertz CT molecular complexity index is 1700. The van der Waals surface area contributed by atoms with Crippen LogP contribution in [-0.4, -0.2) is 46.5 Å². The van der Waals surface area contributed by atoms with E-state index in [0.717, 1.165) is 57.2 Å². The summed E-state index contributed by atoms with van der Waals surface area (Å²) in [6, 6.07) is 14.0. The Balaban J connectivity index is 1.28. The van der Waals surface area contributed by atoms with Crippen LogP contribution in [0.15, 0.2) is 73.4 Å². The molecule has 1 aliphatic carbocycles. The van der Waals surface area contributed by atoms with Gasteiger partial charge in [0.15, 0.2) is 11.5 Å². The summed E-state index contributed by atoms with van der Waals surface area (Å²) in [7, 11) is 0. The number of nitrogens with one attached hydrogen (secondary N) is 3. The van der Waals surface area contributed by atoms with Crippen LogP contribution in [-0.2, 0) is 0 Å². The Hall–Kier alpha value is -4.63. The number of aliphatic hydroxyl groups is 1. The van der Waals surface area contributed by atoms with E-state index < -0.39 is 6.23 Å². The van der Waals surface area contributed by atoms with Crippen LogP contribution in [0.25, 0.3) is 55.8 Å². The first kappa shape index (κ1) is 20.7. The summed E-state index contributed by atoms with van der Waals surface area (Å²) in [5.74, 6) is 0.966. The molecular weight excluding hydrogens is 452 g/mol. The maximum atomic E-state index is 10.3. The zero-order chi connectivity index (χ0) is 24.1. The van der Waals surface area contributed by atoms with E-state index >= 15 is 0 Å². The van der Waals surface area contributed by atoms with Gasteiger partial charge in [0.25, 0.3) is 0 Å². The Morgan fingerprint density at radius 1 is 0.944 bits per heavy atom. The molecule has 7 rings (SSSR count). The van der Waals surface area contributed by atoms with Gasteiger partial charge in [-0.15, -0.1) is 0 Å². The van der Waals surface area contributed by atoms with Crippen LogP contribution in [0.2, 0.25) is 0 Å². The number of anilines is 1. The normalized spacial score (nSPS) is 14.4.